The molecule has 1 aromatic rings. The Bertz CT molecular complexity index is 607. The molecule has 0 aliphatic rings. The van der Waals surface area contributed by atoms with Gasteiger partial charge < -0.3 is 5.32 Å². The molecule has 7 nitrogen and oxygen atoms in total. The number of sulfonamides is 2. The summed E-state index contributed by atoms with van der Waals surface area (Å²) in [5.41, 5.74) is 0.204. The van der Waals surface area contributed by atoms with Gasteiger partial charge in [0.25, 0.3) is 0 Å². The summed E-state index contributed by atoms with van der Waals surface area (Å²) in [6.45, 7) is 0. The van der Waals surface area contributed by atoms with Crippen molar-refractivity contribution in [2.24, 2.45) is 10.3 Å². The minimum Gasteiger partial charge on any atom is -0.387 e. The second kappa shape index (κ2) is 4.01. The molecule has 0 spiro atoms. The minimum atomic E-state index is -4.01. The third-order valence-electron chi connectivity index (χ3n) is 1.86. The molecule has 90 valence electrons. The van der Waals surface area contributed by atoms with Gasteiger partial charge in [0, 0.05) is 7.05 Å². The molecule has 0 radical (unpaired) electrons. The Morgan fingerprint density at radius 3 is 2.00 bits per heavy atom. The molecule has 0 aliphatic carbocycles. The number of anilines is 1. The summed E-state index contributed by atoms with van der Waals surface area (Å²) in [6.07, 6.45) is 0. The van der Waals surface area contributed by atoms with E-state index < -0.39 is 20.0 Å². The fourth-order valence-electron chi connectivity index (χ4n) is 1.12. The molecule has 0 atom stereocenters. The van der Waals surface area contributed by atoms with Crippen LogP contribution in [0.1, 0.15) is 0 Å². The van der Waals surface area contributed by atoms with E-state index in [1.165, 1.54) is 19.2 Å². The number of nitrogens with one attached hydrogen (secondary N) is 1. The van der Waals surface area contributed by atoms with Crippen molar-refractivity contribution >= 4 is 25.7 Å². The van der Waals surface area contributed by atoms with Crippen LogP contribution >= 0.6 is 0 Å². The fourth-order valence-corrected chi connectivity index (χ4v) is 2.50. The van der Waals surface area contributed by atoms with Crippen LogP contribution in [0.2, 0.25) is 0 Å². The highest BCUT2D eigenvalue weighted by Crippen LogP contribution is 2.22. The number of rotatable bonds is 3. The van der Waals surface area contributed by atoms with Crippen LogP contribution < -0.4 is 15.6 Å². The van der Waals surface area contributed by atoms with Crippen molar-refractivity contribution in [3.63, 3.8) is 0 Å². The van der Waals surface area contributed by atoms with Gasteiger partial charge in [-0.25, -0.2) is 27.1 Å². The van der Waals surface area contributed by atoms with E-state index in [1.807, 2.05) is 0 Å². The van der Waals surface area contributed by atoms with E-state index in [9.17, 15) is 16.8 Å². The van der Waals surface area contributed by atoms with E-state index in [-0.39, 0.29) is 15.5 Å². The monoisotopic (exact) mass is 265 g/mol. The highest BCUT2D eigenvalue weighted by molar-refractivity contribution is 7.90. The lowest BCUT2D eigenvalue weighted by molar-refractivity contribution is 0.596. The maximum Gasteiger partial charge on any atom is 0.240 e. The predicted molar refractivity (Wildman–Crippen MR) is 58.7 cm³/mol. The highest BCUT2D eigenvalue weighted by atomic mass is 32.2. The van der Waals surface area contributed by atoms with Crippen LogP contribution in [0.5, 0.6) is 0 Å². The van der Waals surface area contributed by atoms with Crippen molar-refractivity contribution in [3.8, 4) is 0 Å². The van der Waals surface area contributed by atoms with Crippen molar-refractivity contribution in [3.05, 3.63) is 18.2 Å². The van der Waals surface area contributed by atoms with Crippen molar-refractivity contribution < 1.29 is 16.8 Å². The second-order valence-electron chi connectivity index (χ2n) is 3.00. The van der Waals surface area contributed by atoms with Gasteiger partial charge in [-0.2, -0.15) is 0 Å². The summed E-state index contributed by atoms with van der Waals surface area (Å²) < 4.78 is 44.5. The first-order valence-corrected chi connectivity index (χ1v) is 7.13. The molecule has 0 amide bonds. The van der Waals surface area contributed by atoms with Gasteiger partial charge in [-0.05, 0) is 18.2 Å². The molecule has 0 saturated carbocycles. The first kappa shape index (κ1) is 12.9. The minimum absolute atomic E-state index is 0.204. The summed E-state index contributed by atoms with van der Waals surface area (Å²) in [6, 6.07) is 3.38. The zero-order valence-corrected chi connectivity index (χ0v) is 9.97. The van der Waals surface area contributed by atoms with Gasteiger partial charge in [0.1, 0.15) is 4.90 Å². The van der Waals surface area contributed by atoms with E-state index in [0.717, 1.165) is 6.07 Å². The number of primary sulfonamides is 2. The van der Waals surface area contributed by atoms with Gasteiger partial charge in [0.15, 0.2) is 0 Å². The average molecular weight is 265 g/mol. The van der Waals surface area contributed by atoms with Gasteiger partial charge in [-0.1, -0.05) is 0 Å². The molecule has 5 N–H and O–H groups in total. The molecule has 0 unspecified atom stereocenters. The van der Waals surface area contributed by atoms with Crippen molar-refractivity contribution in [2.45, 2.75) is 9.79 Å². The summed E-state index contributed by atoms with van der Waals surface area (Å²) >= 11 is 0. The molecule has 1 aromatic carbocycles. The lowest BCUT2D eigenvalue weighted by atomic mass is 10.3. The van der Waals surface area contributed by atoms with Crippen LogP contribution in [0.3, 0.4) is 0 Å². The van der Waals surface area contributed by atoms with E-state index in [1.54, 1.807) is 0 Å². The molecular formula is C7H11N3O4S2. The first-order chi connectivity index (χ1) is 7.16. The molecule has 9 heteroatoms. The van der Waals surface area contributed by atoms with Crippen LogP contribution in [-0.4, -0.2) is 23.9 Å². The average Bonchev–Trinajstić information content (AvgIpc) is 2.14. The third kappa shape index (κ3) is 2.70. The molecule has 0 bridgehead atoms. The zero-order chi connectivity index (χ0) is 12.6. The van der Waals surface area contributed by atoms with Crippen LogP contribution in [0.25, 0.3) is 0 Å². The maximum atomic E-state index is 11.2. The van der Waals surface area contributed by atoms with Crippen LogP contribution in [0, 0.1) is 0 Å². The normalized spacial score (nSPS) is 12.4. The second-order valence-corrected chi connectivity index (χ2v) is 6.09. The summed E-state index contributed by atoms with van der Waals surface area (Å²) in [5.74, 6) is 0. The molecular weight excluding hydrogens is 254 g/mol. The highest BCUT2D eigenvalue weighted by Gasteiger charge is 2.17. The molecule has 0 saturated heterocycles. The Hall–Kier alpha value is -1.16. The molecule has 0 fully saturated rings. The van der Waals surface area contributed by atoms with E-state index in [2.05, 4.69) is 5.32 Å². The summed E-state index contributed by atoms with van der Waals surface area (Å²) in [4.78, 5) is -0.628. The van der Waals surface area contributed by atoms with E-state index in [0.29, 0.717) is 0 Å². The Balaban J connectivity index is 3.58. The largest absolute Gasteiger partial charge is 0.387 e. The predicted octanol–water partition coefficient (Wildman–Crippen LogP) is -0.977. The van der Waals surface area contributed by atoms with Crippen molar-refractivity contribution in [1.82, 2.24) is 0 Å². The lowest BCUT2D eigenvalue weighted by Gasteiger charge is -2.08. The van der Waals surface area contributed by atoms with Gasteiger partial charge in [-0.15, -0.1) is 0 Å². The molecule has 0 aliphatic heterocycles. The SMILES string of the molecule is CNc1ccc(S(N)(=O)=O)cc1S(N)(=O)=O. The molecule has 1 rings (SSSR count). The Morgan fingerprint density at radius 2 is 1.62 bits per heavy atom. The van der Waals surface area contributed by atoms with Gasteiger partial charge in [0.05, 0.1) is 10.6 Å². The third-order valence-corrected chi connectivity index (χ3v) is 3.72. The Morgan fingerprint density at radius 1 is 1.06 bits per heavy atom. The number of hydrogen-bond donors (Lipinski definition) is 3. The standard InChI is InChI=1S/C7H11N3O4S2/c1-10-6-3-2-5(15(8,11)12)4-7(6)16(9,13)14/h2-4,10H,1H3,(H2,8,11,12)(H2,9,13,14). The number of benzene rings is 1. The van der Waals surface area contributed by atoms with E-state index in [4.69, 9.17) is 10.3 Å². The molecule has 0 heterocycles. The summed E-state index contributed by atoms with van der Waals surface area (Å²) in [7, 11) is -6.48. The number of hydrogen-bond acceptors (Lipinski definition) is 5. The topological polar surface area (TPSA) is 132 Å². The van der Waals surface area contributed by atoms with Crippen LogP contribution in [-0.2, 0) is 20.0 Å². The van der Waals surface area contributed by atoms with Crippen LogP contribution in [0.15, 0.2) is 28.0 Å². The smallest absolute Gasteiger partial charge is 0.240 e. The maximum absolute atomic E-state index is 11.2. The van der Waals surface area contributed by atoms with Gasteiger partial charge >= 0.3 is 0 Å². The van der Waals surface area contributed by atoms with Gasteiger partial charge in [-0.3, -0.25) is 0 Å². The Kier molecular flexibility index (Phi) is 3.24. The van der Waals surface area contributed by atoms with Crippen LogP contribution in [0.4, 0.5) is 5.69 Å². The van der Waals surface area contributed by atoms with E-state index >= 15 is 0 Å². The Labute approximate surface area is 93.5 Å². The quantitative estimate of drug-likeness (QED) is 0.646. The fraction of sp³-hybridized carbons (Fsp3) is 0.143. The first-order valence-electron chi connectivity index (χ1n) is 4.03. The molecule has 16 heavy (non-hydrogen) atoms. The van der Waals surface area contributed by atoms with Crippen molar-refractivity contribution in [2.75, 3.05) is 12.4 Å². The summed E-state index contributed by atoms with van der Waals surface area (Å²) in [5, 5.41) is 12.4. The van der Waals surface area contributed by atoms with Crippen molar-refractivity contribution in [1.29, 1.82) is 0 Å². The molecule has 0 aromatic heterocycles. The lowest BCUT2D eigenvalue weighted by Crippen LogP contribution is -2.17. The zero-order valence-electron chi connectivity index (χ0n) is 8.34. The number of nitrogens with two attached hydrogens (primary N) is 2. The van der Waals surface area contributed by atoms with Gasteiger partial charge in [0.2, 0.25) is 20.0 Å².